The number of anilines is 3. The Kier molecular flexibility index (Phi) is 3.74. The smallest absolute Gasteiger partial charge is 0.261 e. The van der Waals surface area contributed by atoms with Gasteiger partial charge in [-0.25, -0.2) is 0 Å². The number of hydrogen-bond acceptors (Lipinski definition) is 6. The minimum atomic E-state index is -0.101. The van der Waals surface area contributed by atoms with Crippen LogP contribution in [0.4, 0.5) is 16.5 Å². The van der Waals surface area contributed by atoms with Crippen LogP contribution >= 0.6 is 23.1 Å². The molecule has 4 rings (SSSR count). The first-order valence-electron chi connectivity index (χ1n) is 7.38. The highest BCUT2D eigenvalue weighted by molar-refractivity contribution is 7.99. The summed E-state index contributed by atoms with van der Waals surface area (Å²) in [7, 11) is 1.73. The van der Waals surface area contributed by atoms with Crippen LogP contribution in [0.25, 0.3) is 0 Å². The number of hydrogen-bond donors (Lipinski definition) is 1. The molecule has 0 saturated heterocycles. The molecule has 1 aliphatic heterocycles. The van der Waals surface area contributed by atoms with Crippen molar-refractivity contribution < 1.29 is 4.79 Å². The highest BCUT2D eigenvalue weighted by atomic mass is 32.2. The number of amides is 1. The zero-order chi connectivity index (χ0) is 16.7. The molecule has 0 unspecified atom stereocenters. The van der Waals surface area contributed by atoms with Crippen molar-refractivity contribution in [1.82, 2.24) is 10.2 Å². The molecule has 0 spiro atoms. The Bertz CT molecular complexity index is 938. The summed E-state index contributed by atoms with van der Waals surface area (Å²) < 4.78 is 0. The lowest BCUT2D eigenvalue weighted by Gasteiger charge is -2.24. The third-order valence-electron chi connectivity index (χ3n) is 3.73. The van der Waals surface area contributed by atoms with Gasteiger partial charge in [-0.15, -0.1) is 10.2 Å². The average molecular weight is 354 g/mol. The third kappa shape index (κ3) is 2.55. The topological polar surface area (TPSA) is 58.1 Å². The quantitative estimate of drug-likeness (QED) is 0.580. The molecule has 7 heteroatoms. The fraction of sp³-hybridized carbons (Fsp3) is 0.118. The summed E-state index contributed by atoms with van der Waals surface area (Å²) in [5.41, 5.74) is 2.49. The van der Waals surface area contributed by atoms with Crippen molar-refractivity contribution >= 4 is 45.5 Å². The molecular formula is C17H14N4OS2. The van der Waals surface area contributed by atoms with Gasteiger partial charge in [-0.3, -0.25) is 9.69 Å². The maximum Gasteiger partial charge on any atom is 0.261 e. The number of benzene rings is 2. The molecule has 0 fully saturated rings. The molecule has 120 valence electrons. The first-order valence-corrected chi connectivity index (χ1v) is 9.02. The summed E-state index contributed by atoms with van der Waals surface area (Å²) in [5.74, 6) is -0.101. The second-order valence-corrected chi connectivity index (χ2v) is 7.61. The fourth-order valence-corrected chi connectivity index (χ4v) is 4.19. The number of carbonyl (C=O) groups is 1. The number of rotatable bonds is 2. The molecular weight excluding hydrogens is 340 g/mol. The van der Waals surface area contributed by atoms with Crippen molar-refractivity contribution in [3.63, 3.8) is 0 Å². The minimum Gasteiger partial charge on any atom is -0.353 e. The van der Waals surface area contributed by atoms with Crippen LogP contribution in [0.3, 0.4) is 0 Å². The van der Waals surface area contributed by atoms with Crippen LogP contribution < -0.4 is 10.2 Å². The number of fused-ring (bicyclic) bond motifs is 2. The van der Waals surface area contributed by atoms with Gasteiger partial charge in [0.2, 0.25) is 5.13 Å². The minimum absolute atomic E-state index is 0.101. The summed E-state index contributed by atoms with van der Waals surface area (Å²) in [4.78, 5) is 16.7. The van der Waals surface area contributed by atoms with E-state index in [-0.39, 0.29) is 5.91 Å². The molecule has 1 amide bonds. The van der Waals surface area contributed by atoms with Gasteiger partial charge in [-0.05, 0) is 31.2 Å². The van der Waals surface area contributed by atoms with Crippen molar-refractivity contribution in [3.05, 3.63) is 53.0 Å². The Morgan fingerprint density at radius 3 is 2.67 bits per heavy atom. The van der Waals surface area contributed by atoms with Gasteiger partial charge in [-0.2, -0.15) is 0 Å². The maximum absolute atomic E-state index is 13.0. The second kappa shape index (κ2) is 5.92. The van der Waals surface area contributed by atoms with Gasteiger partial charge >= 0.3 is 0 Å². The van der Waals surface area contributed by atoms with Gasteiger partial charge in [0.25, 0.3) is 5.91 Å². The number of aromatic nitrogens is 2. The van der Waals surface area contributed by atoms with Crippen molar-refractivity contribution in [3.8, 4) is 0 Å². The van der Waals surface area contributed by atoms with E-state index >= 15 is 0 Å². The fourth-order valence-electron chi connectivity index (χ4n) is 2.52. The van der Waals surface area contributed by atoms with E-state index in [0.29, 0.717) is 10.7 Å². The monoisotopic (exact) mass is 354 g/mol. The van der Waals surface area contributed by atoms with Crippen molar-refractivity contribution in [1.29, 1.82) is 0 Å². The van der Waals surface area contributed by atoms with E-state index in [9.17, 15) is 4.79 Å². The van der Waals surface area contributed by atoms with E-state index in [0.717, 1.165) is 26.2 Å². The third-order valence-corrected chi connectivity index (χ3v) is 5.78. The van der Waals surface area contributed by atoms with E-state index in [2.05, 4.69) is 21.6 Å². The lowest BCUT2D eigenvalue weighted by Crippen LogP contribution is -2.27. The lowest BCUT2D eigenvalue weighted by molar-refractivity contribution is 0.0993. The van der Waals surface area contributed by atoms with Gasteiger partial charge < -0.3 is 5.32 Å². The molecule has 5 nitrogen and oxygen atoms in total. The van der Waals surface area contributed by atoms with Gasteiger partial charge in [0.15, 0.2) is 0 Å². The van der Waals surface area contributed by atoms with Gasteiger partial charge in [0, 0.05) is 16.8 Å². The Morgan fingerprint density at radius 1 is 1.08 bits per heavy atom. The van der Waals surface area contributed by atoms with Gasteiger partial charge in [0.1, 0.15) is 5.01 Å². The van der Waals surface area contributed by atoms with Crippen LogP contribution in [0, 0.1) is 6.92 Å². The highest BCUT2D eigenvalue weighted by Gasteiger charge is 2.24. The summed E-state index contributed by atoms with van der Waals surface area (Å²) >= 11 is 3.07. The standard InChI is InChI=1S/C17H14N4OS2/c1-10-19-20-17(23-10)21(2)16(22)11-6-5-9-14-15(11)18-12-7-3-4-8-13(12)24-14/h3-9,18H,1-2H3. The molecule has 0 saturated carbocycles. The zero-order valence-corrected chi connectivity index (χ0v) is 14.7. The largest absolute Gasteiger partial charge is 0.353 e. The van der Waals surface area contributed by atoms with Crippen LogP contribution in [0.1, 0.15) is 15.4 Å². The number of para-hydroxylation sites is 2. The number of nitrogens with one attached hydrogen (secondary N) is 1. The molecule has 0 atom stereocenters. The van der Waals surface area contributed by atoms with Crippen molar-refractivity contribution in [2.75, 3.05) is 17.3 Å². The molecule has 2 aromatic carbocycles. The normalized spacial score (nSPS) is 12.1. The van der Waals surface area contributed by atoms with E-state index in [1.165, 1.54) is 11.3 Å². The Labute approximate surface area is 147 Å². The lowest BCUT2D eigenvalue weighted by atomic mass is 10.1. The van der Waals surface area contributed by atoms with Crippen molar-refractivity contribution in [2.24, 2.45) is 0 Å². The Balaban J connectivity index is 1.72. The molecule has 2 heterocycles. The van der Waals surface area contributed by atoms with Crippen LogP contribution in [0.2, 0.25) is 0 Å². The Hall–Kier alpha value is -2.38. The van der Waals surface area contributed by atoms with Gasteiger partial charge in [0.05, 0.1) is 16.9 Å². The summed E-state index contributed by atoms with van der Waals surface area (Å²) in [6.45, 7) is 1.87. The van der Waals surface area contributed by atoms with E-state index in [4.69, 9.17) is 0 Å². The average Bonchev–Trinajstić information content (AvgIpc) is 3.04. The molecule has 0 bridgehead atoms. The Morgan fingerprint density at radius 2 is 1.88 bits per heavy atom. The highest BCUT2D eigenvalue weighted by Crippen LogP contribution is 2.45. The summed E-state index contributed by atoms with van der Waals surface area (Å²) in [5, 5.41) is 12.9. The molecule has 0 radical (unpaired) electrons. The molecule has 1 aliphatic rings. The van der Waals surface area contributed by atoms with Crippen LogP contribution in [-0.4, -0.2) is 23.2 Å². The van der Waals surface area contributed by atoms with E-state index in [1.807, 2.05) is 43.3 Å². The predicted octanol–water partition coefficient (Wildman–Crippen LogP) is 4.33. The zero-order valence-electron chi connectivity index (χ0n) is 13.1. The maximum atomic E-state index is 13.0. The van der Waals surface area contributed by atoms with Crippen LogP contribution in [0.15, 0.2) is 52.3 Å². The second-order valence-electron chi connectivity index (χ2n) is 5.37. The number of nitrogens with zero attached hydrogens (tertiary/aromatic N) is 3. The van der Waals surface area contributed by atoms with Gasteiger partial charge in [-0.1, -0.05) is 41.3 Å². The molecule has 1 aromatic heterocycles. The molecule has 3 aromatic rings. The molecule has 0 aliphatic carbocycles. The number of aryl methyl sites for hydroxylation is 1. The molecule has 1 N–H and O–H groups in total. The van der Waals surface area contributed by atoms with Crippen LogP contribution in [0.5, 0.6) is 0 Å². The first kappa shape index (κ1) is 15.2. The number of carbonyl (C=O) groups excluding carboxylic acids is 1. The van der Waals surface area contributed by atoms with E-state index in [1.54, 1.807) is 23.7 Å². The SMILES string of the molecule is Cc1nnc(N(C)C(=O)c2cccc3c2Nc2ccccc2S3)s1. The first-order chi connectivity index (χ1) is 11.6. The van der Waals surface area contributed by atoms with E-state index < -0.39 is 0 Å². The predicted molar refractivity (Wildman–Crippen MR) is 97.7 cm³/mol. The summed E-state index contributed by atoms with van der Waals surface area (Å²) in [6, 6.07) is 13.9. The summed E-state index contributed by atoms with van der Waals surface area (Å²) in [6.07, 6.45) is 0. The van der Waals surface area contributed by atoms with Crippen molar-refractivity contribution in [2.45, 2.75) is 16.7 Å². The van der Waals surface area contributed by atoms with Crippen LogP contribution in [-0.2, 0) is 0 Å². The molecule has 24 heavy (non-hydrogen) atoms.